The van der Waals surface area contributed by atoms with Crippen LogP contribution in [0.3, 0.4) is 0 Å². The Kier molecular flexibility index (Phi) is 5.27. The third-order valence-electron chi connectivity index (χ3n) is 4.47. The highest BCUT2D eigenvalue weighted by Crippen LogP contribution is 2.43. The number of rotatable bonds is 6. The summed E-state index contributed by atoms with van der Waals surface area (Å²) >= 11 is 0. The zero-order valence-electron chi connectivity index (χ0n) is 14.8. The molecule has 24 heavy (non-hydrogen) atoms. The standard InChI is InChI=1S/C20H25NO3/c1-14(2)9-10-15(3)11-12-21-17-8-6-5-7-16(17)20(4,19(21)24)13-18(22)23/h5-9,11H,10,12-13H2,1-4H3,(H,22,23). The minimum atomic E-state index is -0.996. The molecule has 1 atom stereocenters. The summed E-state index contributed by atoms with van der Waals surface area (Å²) in [4.78, 5) is 25.9. The molecule has 0 spiro atoms. The molecule has 0 aromatic heterocycles. The highest BCUT2D eigenvalue weighted by atomic mass is 16.4. The summed E-state index contributed by atoms with van der Waals surface area (Å²) in [6, 6.07) is 7.48. The summed E-state index contributed by atoms with van der Waals surface area (Å²) in [5, 5.41) is 9.22. The lowest BCUT2D eigenvalue weighted by molar-refractivity contribution is -0.141. The molecule has 1 N–H and O–H groups in total. The van der Waals surface area contributed by atoms with Crippen molar-refractivity contribution in [1.29, 1.82) is 0 Å². The van der Waals surface area contributed by atoms with Gasteiger partial charge in [0, 0.05) is 12.2 Å². The van der Waals surface area contributed by atoms with Gasteiger partial charge < -0.3 is 10.0 Å². The second kappa shape index (κ2) is 7.04. The molecule has 4 heteroatoms. The fourth-order valence-corrected chi connectivity index (χ4v) is 3.05. The molecule has 4 nitrogen and oxygen atoms in total. The highest BCUT2D eigenvalue weighted by molar-refractivity contribution is 6.09. The van der Waals surface area contributed by atoms with Crippen LogP contribution in [0, 0.1) is 0 Å². The first-order valence-corrected chi connectivity index (χ1v) is 8.18. The van der Waals surface area contributed by atoms with Crippen LogP contribution in [-0.4, -0.2) is 23.5 Å². The lowest BCUT2D eigenvalue weighted by Crippen LogP contribution is -2.39. The monoisotopic (exact) mass is 327 g/mol. The summed E-state index contributed by atoms with van der Waals surface area (Å²) in [6.45, 7) is 8.35. The van der Waals surface area contributed by atoms with Crippen LogP contribution in [0.2, 0.25) is 0 Å². The molecule has 128 valence electrons. The zero-order chi connectivity index (χ0) is 17.9. The Bertz CT molecular complexity index is 713. The SMILES string of the molecule is CC(C)=CCC(C)=CCN1C(=O)C(C)(CC(=O)O)c2ccccc21. The number of para-hydroxylation sites is 1. The predicted octanol–water partition coefficient (Wildman–Crippen LogP) is 4.07. The number of amides is 1. The van der Waals surface area contributed by atoms with Crippen LogP contribution in [0.5, 0.6) is 0 Å². The predicted molar refractivity (Wildman–Crippen MR) is 96.2 cm³/mol. The summed E-state index contributed by atoms with van der Waals surface area (Å²) in [6.07, 6.45) is 4.86. The molecule has 1 amide bonds. The van der Waals surface area contributed by atoms with Crippen LogP contribution in [0.15, 0.2) is 47.6 Å². The average Bonchev–Trinajstić information content (AvgIpc) is 2.71. The molecule has 0 aliphatic carbocycles. The Morgan fingerprint density at radius 2 is 1.88 bits per heavy atom. The number of allylic oxidation sites excluding steroid dienone is 3. The third-order valence-corrected chi connectivity index (χ3v) is 4.47. The molecule has 1 aliphatic rings. The van der Waals surface area contributed by atoms with Gasteiger partial charge in [-0.25, -0.2) is 0 Å². The summed E-state index contributed by atoms with van der Waals surface area (Å²) in [7, 11) is 0. The largest absolute Gasteiger partial charge is 0.481 e. The van der Waals surface area contributed by atoms with Crippen LogP contribution in [0.1, 0.15) is 46.1 Å². The first kappa shape index (κ1) is 18.0. The Morgan fingerprint density at radius 1 is 1.21 bits per heavy atom. The van der Waals surface area contributed by atoms with E-state index >= 15 is 0 Å². The number of carboxylic acids is 1. The summed E-state index contributed by atoms with van der Waals surface area (Å²) in [5.41, 5.74) is 3.07. The number of carbonyl (C=O) groups is 2. The molecule has 1 unspecified atom stereocenters. The number of benzene rings is 1. The molecule has 1 aromatic rings. The van der Waals surface area contributed by atoms with Crippen molar-refractivity contribution in [2.75, 3.05) is 11.4 Å². The molecule has 0 saturated heterocycles. The Balaban J connectivity index is 2.29. The zero-order valence-corrected chi connectivity index (χ0v) is 14.8. The molecule has 1 aromatic carbocycles. The summed E-state index contributed by atoms with van der Waals surface area (Å²) < 4.78 is 0. The van der Waals surface area contributed by atoms with Gasteiger partial charge in [0.1, 0.15) is 0 Å². The maximum absolute atomic E-state index is 12.9. The number of aliphatic carboxylic acids is 1. The lowest BCUT2D eigenvalue weighted by atomic mass is 9.81. The highest BCUT2D eigenvalue weighted by Gasteiger charge is 2.48. The van der Waals surface area contributed by atoms with Crippen molar-refractivity contribution in [3.63, 3.8) is 0 Å². The summed E-state index contributed by atoms with van der Waals surface area (Å²) in [5.74, 6) is -1.10. The van der Waals surface area contributed by atoms with E-state index in [9.17, 15) is 14.7 Å². The second-order valence-corrected chi connectivity index (χ2v) is 6.87. The van der Waals surface area contributed by atoms with Crippen LogP contribution >= 0.6 is 0 Å². The van der Waals surface area contributed by atoms with Gasteiger partial charge in [-0.1, -0.05) is 41.5 Å². The number of anilines is 1. The van der Waals surface area contributed by atoms with Crippen molar-refractivity contribution in [3.8, 4) is 0 Å². The molecular formula is C20H25NO3. The van der Waals surface area contributed by atoms with E-state index in [0.717, 1.165) is 17.7 Å². The molecule has 0 saturated carbocycles. The van der Waals surface area contributed by atoms with Gasteiger partial charge in [-0.05, 0) is 45.7 Å². The fraction of sp³-hybridized carbons (Fsp3) is 0.400. The first-order chi connectivity index (χ1) is 11.3. The number of hydrogen-bond acceptors (Lipinski definition) is 2. The topological polar surface area (TPSA) is 57.6 Å². The second-order valence-electron chi connectivity index (χ2n) is 6.87. The molecule has 1 heterocycles. The van der Waals surface area contributed by atoms with E-state index in [1.54, 1.807) is 11.8 Å². The van der Waals surface area contributed by atoms with Crippen molar-refractivity contribution in [3.05, 3.63) is 53.1 Å². The van der Waals surface area contributed by atoms with E-state index in [2.05, 4.69) is 19.9 Å². The Labute approximate surface area is 143 Å². The van der Waals surface area contributed by atoms with E-state index in [-0.39, 0.29) is 12.3 Å². The Hall–Kier alpha value is -2.36. The minimum Gasteiger partial charge on any atom is -0.481 e. The van der Waals surface area contributed by atoms with Crippen LogP contribution in [0.4, 0.5) is 5.69 Å². The van der Waals surface area contributed by atoms with Crippen molar-refractivity contribution < 1.29 is 14.7 Å². The number of carboxylic acid groups (broad SMARTS) is 1. The number of nitrogens with zero attached hydrogens (tertiary/aromatic N) is 1. The molecule has 1 aliphatic heterocycles. The van der Waals surface area contributed by atoms with E-state index in [1.807, 2.05) is 37.3 Å². The number of fused-ring (bicyclic) bond motifs is 1. The molecule has 2 rings (SSSR count). The maximum atomic E-state index is 12.9. The Morgan fingerprint density at radius 3 is 2.50 bits per heavy atom. The van der Waals surface area contributed by atoms with E-state index < -0.39 is 11.4 Å². The fourth-order valence-electron chi connectivity index (χ4n) is 3.05. The van der Waals surface area contributed by atoms with E-state index in [4.69, 9.17) is 0 Å². The van der Waals surface area contributed by atoms with E-state index in [1.165, 1.54) is 11.1 Å². The quantitative estimate of drug-likeness (QED) is 0.801. The normalized spacial score (nSPS) is 20.1. The lowest BCUT2D eigenvalue weighted by Gasteiger charge is -2.22. The van der Waals surface area contributed by atoms with Gasteiger partial charge >= 0.3 is 5.97 Å². The van der Waals surface area contributed by atoms with Gasteiger partial charge in [-0.3, -0.25) is 9.59 Å². The van der Waals surface area contributed by atoms with Crippen molar-refractivity contribution in [1.82, 2.24) is 0 Å². The van der Waals surface area contributed by atoms with Crippen molar-refractivity contribution >= 4 is 17.6 Å². The van der Waals surface area contributed by atoms with Crippen LogP contribution < -0.4 is 4.90 Å². The van der Waals surface area contributed by atoms with Gasteiger partial charge in [0.25, 0.3) is 0 Å². The maximum Gasteiger partial charge on any atom is 0.304 e. The smallest absolute Gasteiger partial charge is 0.304 e. The average molecular weight is 327 g/mol. The van der Waals surface area contributed by atoms with Crippen molar-refractivity contribution in [2.45, 2.75) is 46.0 Å². The minimum absolute atomic E-state index is 0.141. The number of hydrogen-bond donors (Lipinski definition) is 1. The third kappa shape index (κ3) is 3.58. The van der Waals surface area contributed by atoms with Crippen molar-refractivity contribution in [2.24, 2.45) is 0 Å². The van der Waals surface area contributed by atoms with Crippen LogP contribution in [-0.2, 0) is 15.0 Å². The van der Waals surface area contributed by atoms with E-state index in [0.29, 0.717) is 6.54 Å². The molecule has 0 bridgehead atoms. The van der Waals surface area contributed by atoms with Gasteiger partial charge in [-0.2, -0.15) is 0 Å². The number of carbonyl (C=O) groups excluding carboxylic acids is 1. The van der Waals surface area contributed by atoms with Gasteiger partial charge in [-0.15, -0.1) is 0 Å². The van der Waals surface area contributed by atoms with Gasteiger partial charge in [0.15, 0.2) is 0 Å². The molecule has 0 fully saturated rings. The van der Waals surface area contributed by atoms with Gasteiger partial charge in [0.05, 0.1) is 11.8 Å². The van der Waals surface area contributed by atoms with Gasteiger partial charge in [0.2, 0.25) is 5.91 Å². The first-order valence-electron chi connectivity index (χ1n) is 8.18. The van der Waals surface area contributed by atoms with Crippen LogP contribution in [0.25, 0.3) is 0 Å². The molecule has 0 radical (unpaired) electrons. The molecular weight excluding hydrogens is 302 g/mol.